The van der Waals surface area contributed by atoms with E-state index >= 15 is 0 Å². The summed E-state index contributed by atoms with van der Waals surface area (Å²) in [5.74, 6) is 0.911. The van der Waals surface area contributed by atoms with Crippen LogP contribution in [0.15, 0.2) is 42.5 Å². The second-order valence-corrected chi connectivity index (χ2v) is 6.28. The highest BCUT2D eigenvalue weighted by Gasteiger charge is 2.07. The number of aryl methyl sites for hydroxylation is 3. The molecule has 2 aromatic carbocycles. The maximum Gasteiger partial charge on any atom is 0.171 e. The normalized spacial score (nSPS) is 11.7. The Morgan fingerprint density at radius 2 is 1.78 bits per heavy atom. The lowest BCUT2D eigenvalue weighted by Gasteiger charge is -2.18. The van der Waals surface area contributed by atoms with E-state index in [9.17, 15) is 0 Å². The van der Waals surface area contributed by atoms with Crippen LogP contribution in [-0.2, 0) is 0 Å². The molecule has 2 rings (SSSR count). The van der Waals surface area contributed by atoms with Gasteiger partial charge in [0.15, 0.2) is 5.11 Å². The van der Waals surface area contributed by atoms with Crippen molar-refractivity contribution in [3.63, 3.8) is 0 Å². The first-order chi connectivity index (χ1) is 11.0. The van der Waals surface area contributed by atoms with E-state index in [0.717, 1.165) is 17.0 Å². The molecule has 0 radical (unpaired) electrons. The van der Waals surface area contributed by atoms with E-state index in [2.05, 4.69) is 36.6 Å². The summed E-state index contributed by atoms with van der Waals surface area (Å²) >= 11 is 5.37. The van der Waals surface area contributed by atoms with E-state index in [1.165, 1.54) is 11.1 Å². The summed E-state index contributed by atoms with van der Waals surface area (Å²) in [6.45, 7) is 8.84. The molecule has 0 bridgehead atoms. The SMILES string of the molecule is Cc1ccc(NC(=S)N[C@H](C)COc2ccccc2C)cc1C. The van der Waals surface area contributed by atoms with Gasteiger partial charge >= 0.3 is 0 Å². The van der Waals surface area contributed by atoms with Crippen molar-refractivity contribution in [3.05, 3.63) is 59.2 Å². The number of thiocarbonyl (C=S) groups is 1. The average molecular weight is 328 g/mol. The second kappa shape index (κ2) is 7.97. The number of nitrogens with one attached hydrogen (secondary N) is 2. The molecule has 2 aromatic rings. The van der Waals surface area contributed by atoms with Crippen molar-refractivity contribution in [1.29, 1.82) is 0 Å². The minimum Gasteiger partial charge on any atom is -0.491 e. The van der Waals surface area contributed by atoms with Crippen LogP contribution in [0.4, 0.5) is 5.69 Å². The Morgan fingerprint density at radius 1 is 1.04 bits per heavy atom. The standard InChI is InChI=1S/C19H24N2OS/c1-13-9-10-17(11-15(13)3)21-19(23)20-16(4)12-22-18-8-6-5-7-14(18)2/h5-11,16H,12H2,1-4H3,(H2,20,21,23)/t16-/m1/s1. The van der Waals surface area contributed by atoms with E-state index in [-0.39, 0.29) is 6.04 Å². The molecule has 122 valence electrons. The Kier molecular flexibility index (Phi) is 5.99. The Balaban J connectivity index is 1.82. The van der Waals surface area contributed by atoms with Crippen molar-refractivity contribution in [1.82, 2.24) is 5.32 Å². The zero-order valence-electron chi connectivity index (χ0n) is 14.1. The summed E-state index contributed by atoms with van der Waals surface area (Å²) in [4.78, 5) is 0. The lowest BCUT2D eigenvalue weighted by Crippen LogP contribution is -2.39. The first-order valence-electron chi connectivity index (χ1n) is 7.79. The van der Waals surface area contributed by atoms with E-state index in [1.54, 1.807) is 0 Å². The quantitative estimate of drug-likeness (QED) is 0.799. The summed E-state index contributed by atoms with van der Waals surface area (Å²) in [7, 11) is 0. The predicted octanol–water partition coefficient (Wildman–Crippen LogP) is 4.37. The van der Waals surface area contributed by atoms with Crippen molar-refractivity contribution in [3.8, 4) is 5.75 Å². The molecule has 0 aliphatic heterocycles. The van der Waals surface area contributed by atoms with E-state index in [1.807, 2.05) is 44.2 Å². The number of ether oxygens (including phenoxy) is 1. The van der Waals surface area contributed by atoms with Gasteiger partial charge in [-0.2, -0.15) is 0 Å². The number of hydrogen-bond donors (Lipinski definition) is 2. The Hall–Kier alpha value is -2.07. The summed E-state index contributed by atoms with van der Waals surface area (Å²) in [6, 6.07) is 14.3. The van der Waals surface area contributed by atoms with Crippen molar-refractivity contribution in [2.24, 2.45) is 0 Å². The molecule has 4 heteroatoms. The molecule has 0 aliphatic rings. The van der Waals surface area contributed by atoms with Crippen molar-refractivity contribution in [2.75, 3.05) is 11.9 Å². The van der Waals surface area contributed by atoms with Crippen LogP contribution < -0.4 is 15.4 Å². The highest BCUT2D eigenvalue weighted by Crippen LogP contribution is 2.16. The molecule has 0 unspecified atom stereocenters. The van der Waals surface area contributed by atoms with Crippen molar-refractivity contribution in [2.45, 2.75) is 33.7 Å². The molecule has 0 saturated carbocycles. The number of rotatable bonds is 5. The minimum absolute atomic E-state index is 0.112. The average Bonchev–Trinajstić information content (AvgIpc) is 2.50. The number of benzene rings is 2. The van der Waals surface area contributed by atoms with Crippen LogP contribution in [0.2, 0.25) is 0 Å². The van der Waals surface area contributed by atoms with Crippen LogP contribution >= 0.6 is 12.2 Å². The molecule has 1 atom stereocenters. The Morgan fingerprint density at radius 3 is 2.48 bits per heavy atom. The Bertz CT molecular complexity index is 685. The Labute approximate surface area is 144 Å². The van der Waals surface area contributed by atoms with E-state index in [4.69, 9.17) is 17.0 Å². The highest BCUT2D eigenvalue weighted by atomic mass is 32.1. The lowest BCUT2D eigenvalue weighted by atomic mass is 10.1. The van der Waals surface area contributed by atoms with Crippen LogP contribution in [-0.4, -0.2) is 17.8 Å². The van der Waals surface area contributed by atoms with Gasteiger partial charge in [0.2, 0.25) is 0 Å². The molecule has 0 fully saturated rings. The van der Waals surface area contributed by atoms with Gasteiger partial charge in [-0.1, -0.05) is 24.3 Å². The molecule has 0 aliphatic carbocycles. The first-order valence-corrected chi connectivity index (χ1v) is 8.19. The zero-order chi connectivity index (χ0) is 16.8. The van der Waals surface area contributed by atoms with Crippen LogP contribution in [0.25, 0.3) is 0 Å². The molecule has 23 heavy (non-hydrogen) atoms. The molecule has 3 nitrogen and oxygen atoms in total. The topological polar surface area (TPSA) is 33.3 Å². The highest BCUT2D eigenvalue weighted by molar-refractivity contribution is 7.80. The third-order valence-corrected chi connectivity index (χ3v) is 3.94. The number of hydrogen-bond acceptors (Lipinski definition) is 2. The monoisotopic (exact) mass is 328 g/mol. The van der Waals surface area contributed by atoms with Gasteiger partial charge in [0.25, 0.3) is 0 Å². The van der Waals surface area contributed by atoms with Crippen LogP contribution in [0.5, 0.6) is 5.75 Å². The number of anilines is 1. The lowest BCUT2D eigenvalue weighted by molar-refractivity contribution is 0.285. The zero-order valence-corrected chi connectivity index (χ0v) is 15.0. The van der Waals surface area contributed by atoms with Gasteiger partial charge in [-0.25, -0.2) is 0 Å². The van der Waals surface area contributed by atoms with Gasteiger partial charge in [0.05, 0.1) is 6.04 Å². The summed E-state index contributed by atoms with van der Waals surface area (Å²) in [5.41, 5.74) is 4.65. The molecule has 0 aromatic heterocycles. The van der Waals surface area contributed by atoms with E-state index < -0.39 is 0 Å². The third kappa shape index (κ3) is 5.25. The summed E-state index contributed by atoms with van der Waals surface area (Å²) < 4.78 is 5.83. The van der Waals surface area contributed by atoms with E-state index in [0.29, 0.717) is 11.7 Å². The van der Waals surface area contributed by atoms with Crippen LogP contribution in [0.3, 0.4) is 0 Å². The fourth-order valence-electron chi connectivity index (χ4n) is 2.18. The smallest absolute Gasteiger partial charge is 0.171 e. The van der Waals surface area contributed by atoms with Crippen molar-refractivity contribution >= 4 is 23.0 Å². The van der Waals surface area contributed by atoms with Gasteiger partial charge in [-0.3, -0.25) is 0 Å². The third-order valence-electron chi connectivity index (χ3n) is 3.72. The summed E-state index contributed by atoms with van der Waals surface area (Å²) in [6.07, 6.45) is 0. The number of para-hydroxylation sites is 1. The molecule has 0 amide bonds. The fourth-order valence-corrected chi connectivity index (χ4v) is 2.50. The van der Waals surface area contributed by atoms with Gasteiger partial charge in [-0.15, -0.1) is 0 Å². The van der Waals surface area contributed by atoms with Gasteiger partial charge in [-0.05, 0) is 74.8 Å². The molecule has 0 spiro atoms. The van der Waals surface area contributed by atoms with Gasteiger partial charge in [0, 0.05) is 5.69 Å². The maximum atomic E-state index is 5.83. The summed E-state index contributed by atoms with van der Waals surface area (Å²) in [5, 5.41) is 7.07. The van der Waals surface area contributed by atoms with Gasteiger partial charge in [0.1, 0.15) is 12.4 Å². The molecule has 0 saturated heterocycles. The van der Waals surface area contributed by atoms with Crippen LogP contribution in [0.1, 0.15) is 23.6 Å². The van der Waals surface area contributed by atoms with Gasteiger partial charge < -0.3 is 15.4 Å². The molecular formula is C19H24N2OS. The minimum atomic E-state index is 0.112. The molecule has 2 N–H and O–H groups in total. The maximum absolute atomic E-state index is 5.83. The second-order valence-electron chi connectivity index (χ2n) is 5.88. The largest absolute Gasteiger partial charge is 0.491 e. The van der Waals surface area contributed by atoms with Crippen LogP contribution in [0, 0.1) is 20.8 Å². The predicted molar refractivity (Wildman–Crippen MR) is 101 cm³/mol. The molecular weight excluding hydrogens is 304 g/mol. The molecule has 0 heterocycles. The van der Waals surface area contributed by atoms with Crippen molar-refractivity contribution < 1.29 is 4.74 Å². The fraction of sp³-hybridized carbons (Fsp3) is 0.316. The first kappa shape index (κ1) is 17.3.